The van der Waals surface area contributed by atoms with Crippen molar-refractivity contribution in [1.29, 1.82) is 0 Å². The van der Waals surface area contributed by atoms with Crippen molar-refractivity contribution in [1.82, 2.24) is 0 Å². The smallest absolute Gasteiger partial charge is 0.462 e. The number of carbonyl (C=O) groups excluding carboxylic acids is 2. The van der Waals surface area contributed by atoms with Crippen LogP contribution in [0.25, 0.3) is 0 Å². The lowest BCUT2D eigenvalue weighted by Gasteiger charge is -2.24. The van der Waals surface area contributed by atoms with Gasteiger partial charge >= 0.3 is 19.8 Å². The molecule has 0 rings (SSSR count). The summed E-state index contributed by atoms with van der Waals surface area (Å²) in [4.78, 5) is 35.4. The Morgan fingerprint density at radius 3 is 1.47 bits per heavy atom. The zero-order valence-corrected chi connectivity index (χ0v) is 38.7. The Balaban J connectivity index is 4.40. The first-order valence-corrected chi connectivity index (χ1v) is 24.5. The standard InChI is InChI=1S/C48H86NO8P/c1-6-8-10-12-14-16-18-20-22-23-24-25-27-29-31-33-35-37-39-41-48(51)57-46(45-56-58(52,53)55-43-42-49(3,4)5)44-54-47(50)40-38-36-34-32-30-28-26-21-19-17-15-13-11-9-7-2/h8,10,14,16,20,22,24-25,29,31,46H,6-7,9,11-13,15,17-19,21,23,26-28,30,32-45H2,1-5H3/p+1/b10-8-,16-14-,22-20-,25-24-,31-29-. The highest BCUT2D eigenvalue weighted by atomic mass is 31.2. The normalized spacial score (nSPS) is 14.1. The molecule has 0 heterocycles. The fourth-order valence-corrected chi connectivity index (χ4v) is 6.72. The number of ether oxygens (including phenoxy) is 2. The number of nitrogens with zero attached hydrogens (tertiary/aromatic N) is 1. The third kappa shape index (κ3) is 43.3. The molecule has 0 aliphatic heterocycles. The molecule has 58 heavy (non-hydrogen) atoms. The zero-order valence-electron chi connectivity index (χ0n) is 37.8. The van der Waals surface area contributed by atoms with Crippen LogP contribution in [0.1, 0.15) is 181 Å². The van der Waals surface area contributed by atoms with Gasteiger partial charge in [-0.25, -0.2) is 4.57 Å². The van der Waals surface area contributed by atoms with E-state index in [1.807, 2.05) is 21.1 Å². The average molecular weight is 837 g/mol. The van der Waals surface area contributed by atoms with Gasteiger partial charge in [0.15, 0.2) is 6.10 Å². The molecule has 0 amide bonds. The van der Waals surface area contributed by atoms with E-state index in [1.165, 1.54) is 77.0 Å². The largest absolute Gasteiger partial charge is 0.472 e. The lowest BCUT2D eigenvalue weighted by Crippen LogP contribution is -2.37. The first kappa shape index (κ1) is 55.7. The van der Waals surface area contributed by atoms with E-state index in [2.05, 4.69) is 74.6 Å². The van der Waals surface area contributed by atoms with Crippen molar-refractivity contribution in [2.45, 2.75) is 187 Å². The second-order valence-corrected chi connectivity index (χ2v) is 17.9. The maximum atomic E-state index is 12.7. The van der Waals surface area contributed by atoms with Crippen LogP contribution >= 0.6 is 7.82 Å². The van der Waals surface area contributed by atoms with Gasteiger partial charge in [-0.15, -0.1) is 0 Å². The summed E-state index contributed by atoms with van der Waals surface area (Å²) < 4.78 is 34.3. The number of unbranched alkanes of at least 4 members (excludes halogenated alkanes) is 17. The Morgan fingerprint density at radius 1 is 0.552 bits per heavy atom. The third-order valence-corrected chi connectivity index (χ3v) is 10.5. The molecule has 0 radical (unpaired) electrons. The fourth-order valence-electron chi connectivity index (χ4n) is 5.98. The molecule has 0 aromatic heterocycles. The van der Waals surface area contributed by atoms with Crippen molar-refractivity contribution in [2.24, 2.45) is 0 Å². The molecular weight excluding hydrogens is 750 g/mol. The van der Waals surface area contributed by atoms with E-state index in [9.17, 15) is 19.0 Å². The van der Waals surface area contributed by atoms with E-state index in [4.69, 9.17) is 18.5 Å². The van der Waals surface area contributed by atoms with Crippen LogP contribution in [0, 0.1) is 0 Å². The second kappa shape index (κ2) is 40.1. The van der Waals surface area contributed by atoms with E-state index in [0.29, 0.717) is 17.4 Å². The maximum Gasteiger partial charge on any atom is 0.472 e. The molecule has 2 atom stereocenters. The molecule has 9 nitrogen and oxygen atoms in total. The van der Waals surface area contributed by atoms with Crippen LogP contribution < -0.4 is 0 Å². The lowest BCUT2D eigenvalue weighted by atomic mass is 10.0. The van der Waals surface area contributed by atoms with Gasteiger partial charge in [-0.2, -0.15) is 0 Å². The molecule has 0 spiro atoms. The number of phosphoric acid groups is 1. The van der Waals surface area contributed by atoms with Crippen LogP contribution in [0.2, 0.25) is 0 Å². The number of carbonyl (C=O) groups is 2. The van der Waals surface area contributed by atoms with Crippen molar-refractivity contribution in [3.8, 4) is 0 Å². The van der Waals surface area contributed by atoms with Crippen molar-refractivity contribution >= 4 is 19.8 Å². The van der Waals surface area contributed by atoms with Crippen LogP contribution in [0.4, 0.5) is 0 Å². The predicted octanol–water partition coefficient (Wildman–Crippen LogP) is 13.2. The number of esters is 2. The van der Waals surface area contributed by atoms with Gasteiger partial charge in [0.1, 0.15) is 19.8 Å². The molecule has 0 aromatic carbocycles. The minimum atomic E-state index is -4.39. The predicted molar refractivity (Wildman–Crippen MR) is 243 cm³/mol. The van der Waals surface area contributed by atoms with Gasteiger partial charge < -0.3 is 18.9 Å². The number of hydrogen-bond acceptors (Lipinski definition) is 7. The quantitative estimate of drug-likeness (QED) is 0.0213. The molecule has 0 aliphatic rings. The summed E-state index contributed by atoms with van der Waals surface area (Å²) >= 11 is 0. The SMILES string of the molecule is CC/C=C\C/C=C\C/C=C\C/C=C\C/C=C\CCCCCC(=O)OC(COC(=O)CCCCCCCCCCCCCCCCC)COP(=O)(O)OCC[N+](C)(C)C. The van der Waals surface area contributed by atoms with Gasteiger partial charge in [0.2, 0.25) is 0 Å². The highest BCUT2D eigenvalue weighted by Gasteiger charge is 2.27. The molecule has 0 saturated heterocycles. The maximum absolute atomic E-state index is 12.7. The summed E-state index contributed by atoms with van der Waals surface area (Å²) in [7, 11) is 1.45. The number of allylic oxidation sites excluding steroid dienone is 10. The molecule has 0 fully saturated rings. The number of hydrogen-bond donors (Lipinski definition) is 1. The molecule has 0 bridgehead atoms. The van der Waals surface area contributed by atoms with E-state index >= 15 is 0 Å². The van der Waals surface area contributed by atoms with Crippen molar-refractivity contribution in [2.75, 3.05) is 47.5 Å². The first-order valence-electron chi connectivity index (χ1n) is 23.0. The van der Waals surface area contributed by atoms with Gasteiger partial charge in [-0.05, 0) is 57.8 Å². The number of likely N-dealkylation sites (N-methyl/N-ethyl adjacent to an activating group) is 1. The van der Waals surface area contributed by atoms with E-state index in [0.717, 1.165) is 70.6 Å². The topological polar surface area (TPSA) is 108 Å². The Labute approximate surface area is 356 Å². The summed E-state index contributed by atoms with van der Waals surface area (Å²) in [5.74, 6) is -0.835. The molecule has 0 aliphatic carbocycles. The molecule has 1 N–H and O–H groups in total. The van der Waals surface area contributed by atoms with E-state index in [-0.39, 0.29) is 32.0 Å². The molecule has 2 unspecified atom stereocenters. The molecule has 0 saturated carbocycles. The van der Waals surface area contributed by atoms with Crippen LogP contribution in [0.5, 0.6) is 0 Å². The first-order chi connectivity index (χ1) is 28.0. The Hall–Kier alpha value is -2.29. The zero-order chi connectivity index (χ0) is 42.8. The molecule has 336 valence electrons. The minimum absolute atomic E-state index is 0.0234. The van der Waals surface area contributed by atoms with Crippen LogP contribution in [-0.4, -0.2) is 74.9 Å². The molecular formula is C48H87NO8P+. The van der Waals surface area contributed by atoms with Gasteiger partial charge in [-0.3, -0.25) is 18.6 Å². The van der Waals surface area contributed by atoms with E-state index < -0.39 is 26.5 Å². The molecule has 10 heteroatoms. The third-order valence-electron chi connectivity index (χ3n) is 9.56. The van der Waals surface area contributed by atoms with Gasteiger partial charge in [-0.1, -0.05) is 171 Å². The Bertz CT molecular complexity index is 1170. The van der Waals surface area contributed by atoms with Crippen LogP contribution in [-0.2, 0) is 32.7 Å². The Morgan fingerprint density at radius 2 is 0.983 bits per heavy atom. The minimum Gasteiger partial charge on any atom is -0.462 e. The fraction of sp³-hybridized carbons (Fsp3) is 0.750. The summed E-state index contributed by atoms with van der Waals surface area (Å²) in [6.45, 7) is 4.27. The van der Waals surface area contributed by atoms with Gasteiger partial charge in [0.05, 0.1) is 27.7 Å². The van der Waals surface area contributed by atoms with Gasteiger partial charge in [0, 0.05) is 12.8 Å². The van der Waals surface area contributed by atoms with Crippen molar-refractivity contribution in [3.63, 3.8) is 0 Å². The average Bonchev–Trinajstić information content (AvgIpc) is 3.17. The highest BCUT2D eigenvalue weighted by Crippen LogP contribution is 2.43. The molecule has 0 aromatic rings. The second-order valence-electron chi connectivity index (χ2n) is 16.4. The van der Waals surface area contributed by atoms with Crippen LogP contribution in [0.3, 0.4) is 0 Å². The number of rotatable bonds is 41. The van der Waals surface area contributed by atoms with E-state index in [1.54, 1.807) is 0 Å². The highest BCUT2D eigenvalue weighted by molar-refractivity contribution is 7.47. The number of quaternary nitrogens is 1. The van der Waals surface area contributed by atoms with Gasteiger partial charge in [0.25, 0.3) is 0 Å². The summed E-state index contributed by atoms with van der Waals surface area (Å²) in [5.41, 5.74) is 0. The lowest BCUT2D eigenvalue weighted by molar-refractivity contribution is -0.870. The van der Waals surface area contributed by atoms with Crippen molar-refractivity contribution in [3.05, 3.63) is 60.8 Å². The summed E-state index contributed by atoms with van der Waals surface area (Å²) in [6.07, 6.45) is 48.4. The van der Waals surface area contributed by atoms with Crippen molar-refractivity contribution < 1.29 is 42.1 Å². The van der Waals surface area contributed by atoms with Crippen LogP contribution in [0.15, 0.2) is 60.8 Å². The summed E-state index contributed by atoms with van der Waals surface area (Å²) in [5, 5.41) is 0. The summed E-state index contributed by atoms with van der Waals surface area (Å²) in [6, 6.07) is 0. The monoisotopic (exact) mass is 837 g/mol. The number of phosphoric ester groups is 1. The Kier molecular flexibility index (Phi) is 38.5.